The number of hydrogen-bond acceptors (Lipinski definition) is 5. The van der Waals surface area contributed by atoms with Crippen LogP contribution in [0.25, 0.3) is 0 Å². The third-order valence-corrected chi connectivity index (χ3v) is 3.94. The molecule has 0 bridgehead atoms. The van der Waals surface area contributed by atoms with Gasteiger partial charge in [0.15, 0.2) is 5.82 Å². The average Bonchev–Trinajstić information content (AvgIpc) is 3.18. The first-order valence-corrected chi connectivity index (χ1v) is 7.71. The molecule has 2 atom stereocenters. The number of aromatic nitrogens is 5. The van der Waals surface area contributed by atoms with Crippen molar-refractivity contribution in [3.63, 3.8) is 0 Å². The van der Waals surface area contributed by atoms with E-state index in [0.29, 0.717) is 11.4 Å². The topological polar surface area (TPSA) is 76.8 Å². The van der Waals surface area contributed by atoms with E-state index in [-0.39, 0.29) is 11.7 Å². The van der Waals surface area contributed by atoms with Crippen molar-refractivity contribution >= 4 is 5.91 Å². The molecule has 0 saturated carbocycles. The van der Waals surface area contributed by atoms with Crippen LogP contribution in [0.15, 0.2) is 55.4 Å². The van der Waals surface area contributed by atoms with Gasteiger partial charge in [0.2, 0.25) is 5.91 Å². The van der Waals surface area contributed by atoms with Crippen molar-refractivity contribution in [2.75, 3.05) is 7.05 Å². The normalized spacial score (nSPS) is 13.2. The van der Waals surface area contributed by atoms with E-state index in [4.69, 9.17) is 0 Å². The van der Waals surface area contributed by atoms with Crippen LogP contribution in [0, 0.1) is 5.82 Å². The Morgan fingerprint density at radius 2 is 1.88 bits per heavy atom. The first-order chi connectivity index (χ1) is 12.1. The maximum Gasteiger partial charge on any atom is 0.247 e. The van der Waals surface area contributed by atoms with Crippen LogP contribution in [0.2, 0.25) is 0 Å². The Bertz CT molecular complexity index is 822. The van der Waals surface area contributed by atoms with Crippen LogP contribution in [0.4, 0.5) is 4.39 Å². The molecule has 1 amide bonds. The van der Waals surface area contributed by atoms with Crippen LogP contribution in [0.5, 0.6) is 0 Å². The van der Waals surface area contributed by atoms with E-state index in [0.717, 1.165) is 0 Å². The second-order valence-electron chi connectivity index (χ2n) is 5.56. The highest BCUT2D eigenvalue weighted by Gasteiger charge is 2.29. The quantitative estimate of drug-likeness (QED) is 0.710. The number of rotatable bonds is 5. The zero-order valence-electron chi connectivity index (χ0n) is 13.8. The molecule has 2 aromatic heterocycles. The Labute approximate surface area is 144 Å². The van der Waals surface area contributed by atoms with Crippen molar-refractivity contribution < 1.29 is 9.18 Å². The van der Waals surface area contributed by atoms with Gasteiger partial charge in [-0.1, -0.05) is 12.1 Å². The zero-order chi connectivity index (χ0) is 17.8. The molecule has 0 spiro atoms. The van der Waals surface area contributed by atoms with Gasteiger partial charge >= 0.3 is 0 Å². The minimum Gasteiger partial charge on any atom is -0.330 e. The van der Waals surface area contributed by atoms with Crippen molar-refractivity contribution in [2.24, 2.45) is 0 Å². The molecule has 2 heterocycles. The van der Waals surface area contributed by atoms with Crippen LogP contribution in [0.1, 0.15) is 30.4 Å². The lowest BCUT2D eigenvalue weighted by molar-refractivity contribution is -0.134. The first kappa shape index (κ1) is 16.7. The van der Waals surface area contributed by atoms with E-state index in [1.165, 1.54) is 34.4 Å². The summed E-state index contributed by atoms with van der Waals surface area (Å²) < 4.78 is 14.8. The van der Waals surface area contributed by atoms with Gasteiger partial charge in [-0.05, 0) is 30.7 Å². The predicted molar refractivity (Wildman–Crippen MR) is 87.8 cm³/mol. The number of carbonyl (C=O) groups excluding carboxylic acids is 1. The molecule has 0 saturated heterocycles. The largest absolute Gasteiger partial charge is 0.330 e. The first-order valence-electron chi connectivity index (χ1n) is 7.71. The third kappa shape index (κ3) is 3.52. The van der Waals surface area contributed by atoms with Crippen LogP contribution in [-0.2, 0) is 4.79 Å². The summed E-state index contributed by atoms with van der Waals surface area (Å²) >= 11 is 0. The Morgan fingerprint density at radius 3 is 2.48 bits per heavy atom. The minimum atomic E-state index is -0.542. The summed E-state index contributed by atoms with van der Waals surface area (Å²) in [6, 6.07) is 6.57. The molecule has 0 radical (unpaired) electrons. The lowest BCUT2D eigenvalue weighted by Crippen LogP contribution is -2.37. The van der Waals surface area contributed by atoms with E-state index in [1.807, 2.05) is 0 Å². The number of benzene rings is 1. The minimum absolute atomic E-state index is 0.188. The maximum atomic E-state index is 13.3. The van der Waals surface area contributed by atoms with Crippen LogP contribution in [-0.4, -0.2) is 42.6 Å². The molecular weight excluding hydrogens is 323 g/mol. The molecule has 0 fully saturated rings. The van der Waals surface area contributed by atoms with E-state index >= 15 is 0 Å². The SMILES string of the molecule is C[C@H](C(=O)N(C)[C@@H](c1ccc(F)cc1)c1ncccn1)n1cncn1. The standard InChI is InChI=1S/C17H17FN6O/c1-12(24-11-19-10-22-24)17(25)23(2)15(16-20-8-3-9-21-16)13-4-6-14(18)7-5-13/h3-12,15H,1-2H3/t12-,15+/m1/s1. The highest BCUT2D eigenvalue weighted by molar-refractivity contribution is 5.80. The van der Waals surface area contributed by atoms with Gasteiger partial charge in [0.05, 0.1) is 0 Å². The fourth-order valence-electron chi connectivity index (χ4n) is 2.60. The summed E-state index contributed by atoms with van der Waals surface area (Å²) in [7, 11) is 1.67. The Hall–Kier alpha value is -3.16. The van der Waals surface area contributed by atoms with Gasteiger partial charge in [0.25, 0.3) is 0 Å². The lowest BCUT2D eigenvalue weighted by atomic mass is 10.0. The number of nitrogens with zero attached hydrogens (tertiary/aromatic N) is 6. The number of carbonyl (C=O) groups is 1. The van der Waals surface area contributed by atoms with E-state index in [9.17, 15) is 9.18 Å². The van der Waals surface area contributed by atoms with Gasteiger partial charge in [-0.15, -0.1) is 0 Å². The van der Waals surface area contributed by atoms with Gasteiger partial charge in [-0.25, -0.2) is 24.0 Å². The molecule has 7 nitrogen and oxygen atoms in total. The lowest BCUT2D eigenvalue weighted by Gasteiger charge is -2.29. The van der Waals surface area contributed by atoms with Gasteiger partial charge in [-0.2, -0.15) is 5.10 Å². The van der Waals surface area contributed by atoms with Crippen LogP contribution < -0.4 is 0 Å². The second kappa shape index (κ2) is 7.16. The van der Waals surface area contributed by atoms with E-state index < -0.39 is 12.1 Å². The monoisotopic (exact) mass is 340 g/mol. The molecular formula is C17H17FN6O. The second-order valence-corrected chi connectivity index (χ2v) is 5.56. The number of hydrogen-bond donors (Lipinski definition) is 0. The van der Waals surface area contributed by atoms with Gasteiger partial charge < -0.3 is 4.90 Å². The molecule has 128 valence electrons. The molecule has 1 aromatic carbocycles. The average molecular weight is 340 g/mol. The molecule has 0 aliphatic rings. The maximum absolute atomic E-state index is 13.3. The molecule has 0 N–H and O–H groups in total. The number of amides is 1. The fraction of sp³-hybridized carbons (Fsp3) is 0.235. The Balaban J connectivity index is 1.96. The highest BCUT2D eigenvalue weighted by atomic mass is 19.1. The molecule has 3 rings (SSSR count). The van der Waals surface area contributed by atoms with Crippen molar-refractivity contribution in [2.45, 2.75) is 19.0 Å². The number of likely N-dealkylation sites (N-methyl/N-ethyl adjacent to an activating group) is 1. The molecule has 0 aliphatic carbocycles. The van der Waals surface area contributed by atoms with Crippen molar-refractivity contribution in [3.8, 4) is 0 Å². The molecule has 3 aromatic rings. The smallest absolute Gasteiger partial charge is 0.247 e. The van der Waals surface area contributed by atoms with E-state index in [2.05, 4.69) is 20.1 Å². The third-order valence-electron chi connectivity index (χ3n) is 3.94. The summed E-state index contributed by atoms with van der Waals surface area (Å²) in [6.07, 6.45) is 6.08. The molecule has 0 unspecified atom stereocenters. The van der Waals surface area contributed by atoms with Crippen molar-refractivity contribution in [1.82, 2.24) is 29.6 Å². The summed E-state index contributed by atoms with van der Waals surface area (Å²) in [5.41, 5.74) is 0.717. The van der Waals surface area contributed by atoms with Gasteiger partial charge in [0, 0.05) is 19.4 Å². The Kier molecular flexibility index (Phi) is 4.78. The van der Waals surface area contributed by atoms with Gasteiger partial charge in [-0.3, -0.25) is 4.79 Å². The van der Waals surface area contributed by atoms with Gasteiger partial charge in [0.1, 0.15) is 30.6 Å². The molecule has 8 heteroatoms. The summed E-state index contributed by atoms with van der Waals surface area (Å²) in [5, 5.41) is 4.01. The summed E-state index contributed by atoms with van der Waals surface area (Å²) in [4.78, 5) is 26.9. The van der Waals surface area contributed by atoms with Crippen molar-refractivity contribution in [1.29, 1.82) is 0 Å². The highest BCUT2D eigenvalue weighted by Crippen LogP contribution is 2.27. The van der Waals surface area contributed by atoms with Crippen molar-refractivity contribution in [3.05, 3.63) is 72.6 Å². The van der Waals surface area contributed by atoms with E-state index in [1.54, 1.807) is 44.6 Å². The summed E-state index contributed by atoms with van der Waals surface area (Å²) in [5.74, 6) is -0.0792. The summed E-state index contributed by atoms with van der Waals surface area (Å²) in [6.45, 7) is 1.74. The van der Waals surface area contributed by atoms with Crippen LogP contribution >= 0.6 is 0 Å². The fourth-order valence-corrected chi connectivity index (χ4v) is 2.60. The Morgan fingerprint density at radius 1 is 1.20 bits per heavy atom. The molecule has 25 heavy (non-hydrogen) atoms. The predicted octanol–water partition coefficient (Wildman–Crippen LogP) is 2.02. The zero-order valence-corrected chi connectivity index (χ0v) is 13.8. The molecule has 0 aliphatic heterocycles. The van der Waals surface area contributed by atoms with Crippen LogP contribution in [0.3, 0.4) is 0 Å². The number of halogens is 1.